The molecular weight excluding hydrogens is 472 g/mol. The largest absolute Gasteiger partial charge is 0.480 e. The summed E-state index contributed by atoms with van der Waals surface area (Å²) in [5.74, 6) is -3.34. The fraction of sp³-hybridized carbons (Fsp3) is 0.737. The number of aliphatic carboxylic acids is 1. The summed E-state index contributed by atoms with van der Waals surface area (Å²) in [5, 5.41) is 16.7. The summed E-state index contributed by atoms with van der Waals surface area (Å²) in [6.45, 7) is 0.402. The zero-order valence-electron chi connectivity index (χ0n) is 18.7. The maximum Gasteiger partial charge on any atom is 0.327 e. The first kappa shape index (κ1) is 31.0. The van der Waals surface area contributed by atoms with Crippen molar-refractivity contribution in [1.29, 1.82) is 0 Å². The Morgan fingerprint density at radius 1 is 0.909 bits per heavy atom. The molecule has 0 aromatic rings. The molecule has 14 heteroatoms. The Bertz CT molecular complexity index is 669. The van der Waals surface area contributed by atoms with Crippen LogP contribution in [0.15, 0.2) is 0 Å². The smallest absolute Gasteiger partial charge is 0.327 e. The van der Waals surface area contributed by atoms with E-state index in [-0.39, 0.29) is 31.4 Å². The molecule has 0 fully saturated rings. The van der Waals surface area contributed by atoms with Crippen molar-refractivity contribution in [2.45, 2.75) is 62.7 Å². The Balaban J connectivity index is 5.35. The molecule has 0 aromatic carbocycles. The minimum atomic E-state index is -1.25. The molecule has 0 aliphatic rings. The van der Waals surface area contributed by atoms with Crippen LogP contribution in [0.5, 0.6) is 0 Å². The van der Waals surface area contributed by atoms with Crippen molar-refractivity contribution in [3.8, 4) is 0 Å². The minimum Gasteiger partial charge on any atom is -0.480 e. The first-order valence-corrected chi connectivity index (χ1v) is 12.6. The molecule has 0 aliphatic carbocycles. The Kier molecular flexibility index (Phi) is 16.4. The third-order valence-corrected chi connectivity index (χ3v) is 5.67. The van der Waals surface area contributed by atoms with Gasteiger partial charge >= 0.3 is 5.97 Å². The van der Waals surface area contributed by atoms with Crippen LogP contribution >= 0.6 is 24.4 Å². The molecule has 4 amide bonds. The lowest BCUT2D eigenvalue weighted by Crippen LogP contribution is -2.57. The summed E-state index contributed by atoms with van der Waals surface area (Å²) in [6.07, 6.45) is 3.43. The van der Waals surface area contributed by atoms with Gasteiger partial charge in [0.25, 0.3) is 0 Å². The molecule has 190 valence electrons. The SMILES string of the molecule is CSCCC(NC(=O)C(CCCCN)NC(=O)C(N)CCC(N)=O)C(=O)NC(CS)C(=O)O. The van der Waals surface area contributed by atoms with Crippen LogP contribution in [0.25, 0.3) is 0 Å². The topological polar surface area (TPSA) is 220 Å². The highest BCUT2D eigenvalue weighted by Gasteiger charge is 2.29. The standard InChI is InChI=1S/C19H36N6O6S2/c1-33-9-7-13(18(29)25-14(10-32)19(30)31)24-17(28)12(4-2-3-8-20)23-16(27)11(21)5-6-15(22)26/h11-14,32H,2-10,20-21H2,1H3,(H2,22,26)(H,23,27)(H,24,28)(H,25,29)(H,30,31). The fourth-order valence-electron chi connectivity index (χ4n) is 2.70. The summed E-state index contributed by atoms with van der Waals surface area (Å²) < 4.78 is 0. The Labute approximate surface area is 203 Å². The van der Waals surface area contributed by atoms with Gasteiger partial charge in [-0.05, 0) is 50.7 Å². The molecule has 0 saturated heterocycles. The van der Waals surface area contributed by atoms with E-state index in [1.165, 1.54) is 11.8 Å². The van der Waals surface area contributed by atoms with Crippen LogP contribution in [0, 0.1) is 0 Å². The molecule has 33 heavy (non-hydrogen) atoms. The lowest BCUT2D eigenvalue weighted by Gasteiger charge is -2.25. The van der Waals surface area contributed by atoms with Crippen LogP contribution in [0.4, 0.5) is 0 Å². The van der Waals surface area contributed by atoms with Crippen molar-refractivity contribution in [3.05, 3.63) is 0 Å². The van der Waals surface area contributed by atoms with Gasteiger partial charge in [0.1, 0.15) is 18.1 Å². The molecule has 0 aliphatic heterocycles. The van der Waals surface area contributed by atoms with Crippen LogP contribution in [-0.2, 0) is 24.0 Å². The first-order chi connectivity index (χ1) is 15.6. The maximum atomic E-state index is 12.9. The number of primary amides is 1. The summed E-state index contributed by atoms with van der Waals surface area (Å²) in [4.78, 5) is 60.1. The molecule has 0 radical (unpaired) electrons. The molecule has 12 nitrogen and oxygen atoms in total. The van der Waals surface area contributed by atoms with Crippen LogP contribution in [0.3, 0.4) is 0 Å². The third-order valence-electron chi connectivity index (χ3n) is 4.66. The molecule has 0 aromatic heterocycles. The van der Waals surface area contributed by atoms with Crippen molar-refractivity contribution in [2.24, 2.45) is 17.2 Å². The second kappa shape index (κ2) is 17.4. The number of thiol groups is 1. The van der Waals surface area contributed by atoms with E-state index >= 15 is 0 Å². The first-order valence-electron chi connectivity index (χ1n) is 10.5. The van der Waals surface area contributed by atoms with Crippen LogP contribution in [0.2, 0.25) is 0 Å². The Morgan fingerprint density at radius 2 is 1.45 bits per heavy atom. The maximum absolute atomic E-state index is 12.9. The molecule has 0 saturated carbocycles. The number of nitrogens with two attached hydrogens (primary N) is 3. The second-order valence-electron chi connectivity index (χ2n) is 7.38. The molecule has 0 spiro atoms. The average molecular weight is 509 g/mol. The van der Waals surface area contributed by atoms with Gasteiger partial charge in [-0.25, -0.2) is 4.79 Å². The number of thioether (sulfide) groups is 1. The number of carbonyl (C=O) groups is 5. The van der Waals surface area contributed by atoms with Gasteiger partial charge in [-0.15, -0.1) is 0 Å². The van der Waals surface area contributed by atoms with Crippen molar-refractivity contribution >= 4 is 54.0 Å². The Morgan fingerprint density at radius 3 is 1.94 bits per heavy atom. The van der Waals surface area contributed by atoms with Gasteiger partial charge in [0.05, 0.1) is 6.04 Å². The lowest BCUT2D eigenvalue weighted by atomic mass is 10.1. The van der Waals surface area contributed by atoms with Crippen molar-refractivity contribution < 1.29 is 29.1 Å². The quantitative estimate of drug-likeness (QED) is 0.0751. The minimum absolute atomic E-state index is 0.0252. The van der Waals surface area contributed by atoms with E-state index in [9.17, 15) is 24.0 Å². The zero-order valence-corrected chi connectivity index (χ0v) is 20.5. The molecule has 10 N–H and O–H groups in total. The summed E-state index contributed by atoms with van der Waals surface area (Å²) in [6, 6.07) is -4.25. The van der Waals surface area contributed by atoms with Gasteiger partial charge in [0.15, 0.2) is 0 Å². The number of hydrogen-bond acceptors (Lipinski definition) is 9. The van der Waals surface area contributed by atoms with Gasteiger partial charge in [0.2, 0.25) is 23.6 Å². The number of rotatable bonds is 18. The monoisotopic (exact) mass is 508 g/mol. The van der Waals surface area contributed by atoms with Crippen molar-refractivity contribution in [1.82, 2.24) is 16.0 Å². The zero-order chi connectivity index (χ0) is 25.4. The number of carboxylic acid groups (broad SMARTS) is 1. The van der Waals surface area contributed by atoms with Gasteiger partial charge in [-0.3, -0.25) is 19.2 Å². The predicted molar refractivity (Wildman–Crippen MR) is 130 cm³/mol. The number of carbonyl (C=O) groups excluding carboxylic acids is 4. The number of nitrogens with one attached hydrogen (secondary N) is 3. The summed E-state index contributed by atoms with van der Waals surface area (Å²) in [5.41, 5.74) is 16.4. The fourth-order valence-corrected chi connectivity index (χ4v) is 3.42. The van der Waals surface area contributed by atoms with Crippen molar-refractivity contribution in [2.75, 3.05) is 24.3 Å². The molecule has 0 heterocycles. The van der Waals surface area contributed by atoms with E-state index in [4.69, 9.17) is 22.3 Å². The van der Waals surface area contributed by atoms with Crippen molar-refractivity contribution in [3.63, 3.8) is 0 Å². The van der Waals surface area contributed by atoms with Crippen LogP contribution in [-0.4, -0.2) is 83.2 Å². The van der Waals surface area contributed by atoms with Crippen LogP contribution in [0.1, 0.15) is 38.5 Å². The summed E-state index contributed by atoms with van der Waals surface area (Å²) in [7, 11) is 0. The van der Waals surface area contributed by atoms with E-state index in [0.29, 0.717) is 25.1 Å². The normalized spacial score (nSPS) is 14.4. The molecule has 0 rings (SSSR count). The van der Waals surface area contributed by atoms with Gasteiger partial charge in [-0.2, -0.15) is 24.4 Å². The molecule has 0 bridgehead atoms. The highest BCUT2D eigenvalue weighted by atomic mass is 32.2. The molecular formula is C19H36N6O6S2. The van der Waals surface area contributed by atoms with Gasteiger partial charge < -0.3 is 38.3 Å². The number of carboxylic acids is 1. The van der Waals surface area contributed by atoms with Gasteiger partial charge in [-0.1, -0.05) is 0 Å². The van der Waals surface area contributed by atoms with E-state index in [2.05, 4.69) is 28.6 Å². The second-order valence-corrected chi connectivity index (χ2v) is 8.73. The predicted octanol–water partition coefficient (Wildman–Crippen LogP) is -2.07. The van der Waals surface area contributed by atoms with Gasteiger partial charge in [0, 0.05) is 12.2 Å². The van der Waals surface area contributed by atoms with E-state index in [0.717, 1.165) is 0 Å². The molecule has 4 unspecified atom stereocenters. The van der Waals surface area contributed by atoms with E-state index in [1.807, 2.05) is 6.26 Å². The number of hydrogen-bond donors (Lipinski definition) is 8. The number of amides is 4. The Hall–Kier alpha value is -2.03. The van der Waals surface area contributed by atoms with Crippen LogP contribution < -0.4 is 33.2 Å². The lowest BCUT2D eigenvalue weighted by molar-refractivity contribution is -0.141. The van der Waals surface area contributed by atoms with E-state index < -0.39 is 53.8 Å². The molecule has 4 atom stereocenters. The third kappa shape index (κ3) is 13.3. The highest BCUT2D eigenvalue weighted by Crippen LogP contribution is 2.07. The average Bonchev–Trinajstić information content (AvgIpc) is 2.77. The van der Waals surface area contributed by atoms with E-state index in [1.54, 1.807) is 0 Å². The highest BCUT2D eigenvalue weighted by molar-refractivity contribution is 7.98. The summed E-state index contributed by atoms with van der Waals surface area (Å²) >= 11 is 5.37. The number of unbranched alkanes of at least 4 members (excludes halogenated alkanes) is 1.